The second kappa shape index (κ2) is 14.7. The Bertz CT molecular complexity index is 817. The summed E-state index contributed by atoms with van der Waals surface area (Å²) >= 11 is 0. The fraction of sp³-hybridized carbons (Fsp3) is 0.552. The van der Waals surface area contributed by atoms with Gasteiger partial charge in [0.1, 0.15) is 5.75 Å². The zero-order chi connectivity index (χ0) is 23.1. The molecule has 0 bridgehead atoms. The maximum Gasteiger partial charge on any atom is 0.161 e. The van der Waals surface area contributed by atoms with Gasteiger partial charge in [-0.2, -0.15) is 5.26 Å². The van der Waals surface area contributed by atoms with E-state index in [1.165, 1.54) is 37.7 Å². The zero-order valence-corrected chi connectivity index (χ0v) is 20.1. The lowest BCUT2D eigenvalue weighted by atomic mass is 10.00. The Balaban J connectivity index is 1.25. The second-order valence-electron chi connectivity index (χ2n) is 9.13. The van der Waals surface area contributed by atoms with Gasteiger partial charge in [0.05, 0.1) is 31.5 Å². The highest BCUT2D eigenvalue weighted by Crippen LogP contribution is 2.21. The number of unbranched alkanes of at least 4 members (excludes halogenated alkanes) is 5. The first-order valence-corrected chi connectivity index (χ1v) is 12.7. The molecule has 0 N–H and O–H groups in total. The van der Waals surface area contributed by atoms with Crippen LogP contribution in [0, 0.1) is 17.2 Å². The Morgan fingerprint density at radius 1 is 0.848 bits per heavy atom. The van der Waals surface area contributed by atoms with E-state index in [0.29, 0.717) is 11.5 Å². The molecule has 0 saturated carbocycles. The summed E-state index contributed by atoms with van der Waals surface area (Å²) in [4.78, 5) is 0. The number of benzene rings is 2. The van der Waals surface area contributed by atoms with Crippen LogP contribution >= 0.6 is 0 Å². The summed E-state index contributed by atoms with van der Waals surface area (Å²) in [6.07, 6.45) is 11.6. The van der Waals surface area contributed by atoms with Gasteiger partial charge in [0.25, 0.3) is 0 Å². The first kappa shape index (κ1) is 25.3. The van der Waals surface area contributed by atoms with Crippen molar-refractivity contribution in [1.29, 1.82) is 5.26 Å². The van der Waals surface area contributed by atoms with Crippen LogP contribution in [0.1, 0.15) is 75.0 Å². The maximum absolute atomic E-state index is 8.90. The molecule has 0 unspecified atom stereocenters. The first-order valence-electron chi connectivity index (χ1n) is 12.7. The van der Waals surface area contributed by atoms with E-state index in [4.69, 9.17) is 19.5 Å². The van der Waals surface area contributed by atoms with Crippen LogP contribution < -0.4 is 4.74 Å². The number of nitrogens with zero attached hydrogens (tertiary/aromatic N) is 1. The van der Waals surface area contributed by atoms with Crippen LogP contribution in [0.4, 0.5) is 0 Å². The fourth-order valence-corrected chi connectivity index (χ4v) is 4.19. The van der Waals surface area contributed by atoms with Crippen molar-refractivity contribution in [2.45, 2.75) is 77.4 Å². The van der Waals surface area contributed by atoms with Crippen molar-refractivity contribution in [3.05, 3.63) is 65.2 Å². The SMILES string of the molecule is CCCCCCCCOc1ccc(CCCC2COC(Cc3ccc(C#N)cc3)OC2)cc1. The van der Waals surface area contributed by atoms with Gasteiger partial charge < -0.3 is 14.2 Å². The van der Waals surface area contributed by atoms with E-state index in [2.05, 4.69) is 37.3 Å². The van der Waals surface area contributed by atoms with Crippen molar-refractivity contribution in [2.75, 3.05) is 19.8 Å². The predicted octanol–water partition coefficient (Wildman–Crippen LogP) is 6.85. The number of hydrogen-bond donors (Lipinski definition) is 0. The van der Waals surface area contributed by atoms with Crippen LogP contribution in [0.15, 0.2) is 48.5 Å². The molecule has 1 aliphatic rings. The summed E-state index contributed by atoms with van der Waals surface area (Å²) in [5.41, 5.74) is 3.18. The highest BCUT2D eigenvalue weighted by atomic mass is 16.7. The highest BCUT2D eigenvalue weighted by molar-refractivity contribution is 5.31. The second-order valence-corrected chi connectivity index (χ2v) is 9.13. The number of nitriles is 1. The quantitative estimate of drug-likeness (QED) is 0.296. The Morgan fingerprint density at radius 2 is 1.52 bits per heavy atom. The first-order chi connectivity index (χ1) is 16.3. The van der Waals surface area contributed by atoms with Gasteiger partial charge in [0, 0.05) is 12.3 Å². The summed E-state index contributed by atoms with van der Waals surface area (Å²) < 4.78 is 17.8. The van der Waals surface area contributed by atoms with E-state index in [1.54, 1.807) is 0 Å². The van der Waals surface area contributed by atoms with Crippen molar-refractivity contribution in [2.24, 2.45) is 5.92 Å². The summed E-state index contributed by atoms with van der Waals surface area (Å²) in [5, 5.41) is 8.90. The number of aryl methyl sites for hydroxylation is 1. The molecule has 0 aliphatic carbocycles. The van der Waals surface area contributed by atoms with Gasteiger partial charge in [-0.05, 0) is 61.1 Å². The maximum atomic E-state index is 8.90. The molecule has 0 atom stereocenters. The summed E-state index contributed by atoms with van der Waals surface area (Å²) in [6, 6.07) is 18.4. The van der Waals surface area contributed by atoms with Gasteiger partial charge in [0.2, 0.25) is 0 Å². The van der Waals surface area contributed by atoms with Crippen LogP contribution in [0.25, 0.3) is 0 Å². The molecular formula is C29H39NO3. The fourth-order valence-electron chi connectivity index (χ4n) is 4.19. The minimum atomic E-state index is -0.182. The Kier molecular flexibility index (Phi) is 11.3. The van der Waals surface area contributed by atoms with E-state index in [9.17, 15) is 0 Å². The summed E-state index contributed by atoms with van der Waals surface area (Å²) in [5.74, 6) is 1.44. The zero-order valence-electron chi connectivity index (χ0n) is 20.1. The minimum Gasteiger partial charge on any atom is -0.494 e. The molecule has 0 amide bonds. The summed E-state index contributed by atoms with van der Waals surface area (Å²) in [6.45, 7) is 4.58. The minimum absolute atomic E-state index is 0.182. The number of ether oxygens (including phenoxy) is 3. The standard InChI is InChI=1S/C29H39NO3/c1-2-3-4-5-6-7-19-31-28-17-15-24(16-18-28)9-8-10-27-22-32-29(33-23-27)20-25-11-13-26(21-30)14-12-25/h11-18,27,29H,2-10,19-20,22-23H2,1H3. The molecule has 1 saturated heterocycles. The third-order valence-corrected chi connectivity index (χ3v) is 6.29. The molecule has 178 valence electrons. The molecule has 0 aromatic heterocycles. The molecule has 1 aliphatic heterocycles. The largest absolute Gasteiger partial charge is 0.494 e. The molecule has 0 spiro atoms. The van der Waals surface area contributed by atoms with Crippen LogP contribution in [0.2, 0.25) is 0 Å². The normalized spacial score (nSPS) is 18.1. The lowest BCUT2D eigenvalue weighted by Crippen LogP contribution is -2.33. The van der Waals surface area contributed by atoms with Crippen LogP contribution in [0.5, 0.6) is 5.75 Å². The molecular weight excluding hydrogens is 410 g/mol. The Hall–Kier alpha value is -2.35. The van der Waals surface area contributed by atoms with Crippen molar-refractivity contribution in [1.82, 2.24) is 0 Å². The predicted molar refractivity (Wildman–Crippen MR) is 132 cm³/mol. The smallest absolute Gasteiger partial charge is 0.161 e. The number of rotatable bonds is 14. The lowest BCUT2D eigenvalue weighted by molar-refractivity contribution is -0.200. The van der Waals surface area contributed by atoms with Gasteiger partial charge in [0.15, 0.2) is 6.29 Å². The van der Waals surface area contributed by atoms with Crippen LogP contribution in [0.3, 0.4) is 0 Å². The van der Waals surface area contributed by atoms with E-state index in [0.717, 1.165) is 63.2 Å². The van der Waals surface area contributed by atoms with Crippen molar-refractivity contribution in [3.63, 3.8) is 0 Å². The lowest BCUT2D eigenvalue weighted by Gasteiger charge is -2.29. The third kappa shape index (κ3) is 9.58. The van der Waals surface area contributed by atoms with Crippen molar-refractivity contribution >= 4 is 0 Å². The molecule has 3 rings (SSSR count). The monoisotopic (exact) mass is 449 g/mol. The van der Waals surface area contributed by atoms with Crippen molar-refractivity contribution < 1.29 is 14.2 Å². The highest BCUT2D eigenvalue weighted by Gasteiger charge is 2.22. The van der Waals surface area contributed by atoms with Gasteiger partial charge in [-0.15, -0.1) is 0 Å². The third-order valence-electron chi connectivity index (χ3n) is 6.29. The molecule has 1 heterocycles. The Labute approximate surface area is 199 Å². The average molecular weight is 450 g/mol. The molecule has 2 aromatic carbocycles. The van der Waals surface area contributed by atoms with Gasteiger partial charge in [-0.3, -0.25) is 0 Å². The Morgan fingerprint density at radius 3 is 2.21 bits per heavy atom. The summed E-state index contributed by atoms with van der Waals surface area (Å²) in [7, 11) is 0. The van der Waals surface area contributed by atoms with Crippen LogP contribution in [-0.4, -0.2) is 26.1 Å². The van der Waals surface area contributed by atoms with Gasteiger partial charge in [-0.25, -0.2) is 0 Å². The molecule has 1 fully saturated rings. The van der Waals surface area contributed by atoms with E-state index in [1.807, 2.05) is 24.3 Å². The van der Waals surface area contributed by atoms with E-state index in [-0.39, 0.29) is 6.29 Å². The molecule has 33 heavy (non-hydrogen) atoms. The molecule has 2 aromatic rings. The number of hydrogen-bond acceptors (Lipinski definition) is 4. The topological polar surface area (TPSA) is 51.5 Å². The van der Waals surface area contributed by atoms with E-state index >= 15 is 0 Å². The van der Waals surface area contributed by atoms with E-state index < -0.39 is 0 Å². The molecule has 4 nitrogen and oxygen atoms in total. The average Bonchev–Trinajstić information content (AvgIpc) is 2.86. The molecule has 4 heteroatoms. The van der Waals surface area contributed by atoms with Crippen LogP contribution in [-0.2, 0) is 22.3 Å². The van der Waals surface area contributed by atoms with Gasteiger partial charge >= 0.3 is 0 Å². The van der Waals surface area contributed by atoms with Gasteiger partial charge in [-0.1, -0.05) is 63.3 Å². The van der Waals surface area contributed by atoms with Crippen molar-refractivity contribution in [3.8, 4) is 11.8 Å². The molecule has 0 radical (unpaired) electrons.